The Morgan fingerprint density at radius 1 is 0.875 bits per heavy atom. The summed E-state index contributed by atoms with van der Waals surface area (Å²) in [4.78, 5) is 0. The molecule has 1 rings (SSSR count). The molecule has 4 nitrogen and oxygen atoms in total. The van der Waals surface area contributed by atoms with E-state index in [4.69, 9.17) is 0 Å². The first-order valence-electron chi connectivity index (χ1n) is 5.10. The maximum Gasteiger partial charge on any atom is 0.0542 e. The molecule has 0 bridgehead atoms. The highest BCUT2D eigenvalue weighted by atomic mass is 15.4. The van der Waals surface area contributed by atoms with Crippen LogP contribution in [0.2, 0.25) is 0 Å². The van der Waals surface area contributed by atoms with Crippen LogP contribution in [0.25, 0.3) is 0 Å². The van der Waals surface area contributed by atoms with Gasteiger partial charge in [0, 0.05) is 28.2 Å². The number of hydrogen-bond acceptors (Lipinski definition) is 4. The van der Waals surface area contributed by atoms with Crippen LogP contribution in [0.5, 0.6) is 0 Å². The lowest BCUT2D eigenvalue weighted by Gasteiger charge is -2.04. The van der Waals surface area contributed by atoms with Crippen molar-refractivity contribution < 1.29 is 0 Å². The fourth-order valence-corrected chi connectivity index (χ4v) is 1.08. The molecule has 86 valence electrons. The maximum atomic E-state index is 4.18. The van der Waals surface area contributed by atoms with Gasteiger partial charge < -0.3 is 10.0 Å². The molecule has 1 aromatic rings. The lowest BCUT2D eigenvalue weighted by atomic mass is 10.1. The van der Waals surface area contributed by atoms with Crippen LogP contribution in [0.15, 0.2) is 34.5 Å². The zero-order chi connectivity index (χ0) is 12.0. The van der Waals surface area contributed by atoms with Crippen LogP contribution < -0.4 is 0 Å². The van der Waals surface area contributed by atoms with Gasteiger partial charge in [-0.2, -0.15) is 10.2 Å². The van der Waals surface area contributed by atoms with Gasteiger partial charge in [0.1, 0.15) is 0 Å². The van der Waals surface area contributed by atoms with E-state index in [0.717, 1.165) is 11.1 Å². The van der Waals surface area contributed by atoms with Crippen molar-refractivity contribution in [1.29, 1.82) is 0 Å². The summed E-state index contributed by atoms with van der Waals surface area (Å²) in [6.07, 6.45) is 3.65. The molecular formula is C12H18N4. The minimum atomic E-state index is 1.07. The van der Waals surface area contributed by atoms with Crippen molar-refractivity contribution in [3.8, 4) is 0 Å². The van der Waals surface area contributed by atoms with Gasteiger partial charge in [-0.1, -0.05) is 18.2 Å². The normalized spacial score (nSPS) is 11.2. The highest BCUT2D eigenvalue weighted by Gasteiger charge is 1.91. The molecule has 4 heteroatoms. The van der Waals surface area contributed by atoms with Crippen molar-refractivity contribution >= 4 is 12.4 Å². The van der Waals surface area contributed by atoms with Gasteiger partial charge in [-0.3, -0.25) is 0 Å². The maximum absolute atomic E-state index is 4.18. The predicted octanol–water partition coefficient (Wildman–Crippen LogP) is 1.48. The van der Waals surface area contributed by atoms with E-state index in [9.17, 15) is 0 Å². The van der Waals surface area contributed by atoms with Gasteiger partial charge in [0.2, 0.25) is 0 Å². The molecule has 0 fully saturated rings. The van der Waals surface area contributed by atoms with Crippen LogP contribution in [-0.4, -0.2) is 50.6 Å². The molecule has 1 aromatic carbocycles. The Morgan fingerprint density at radius 2 is 1.31 bits per heavy atom. The summed E-state index contributed by atoms with van der Waals surface area (Å²) in [5.74, 6) is 0. The summed E-state index contributed by atoms with van der Waals surface area (Å²) < 4.78 is 0. The fourth-order valence-electron chi connectivity index (χ4n) is 1.08. The van der Waals surface area contributed by atoms with E-state index in [2.05, 4.69) is 10.2 Å². The van der Waals surface area contributed by atoms with Gasteiger partial charge in [0.25, 0.3) is 0 Å². The van der Waals surface area contributed by atoms with Crippen molar-refractivity contribution in [3.05, 3.63) is 35.4 Å². The monoisotopic (exact) mass is 218 g/mol. The van der Waals surface area contributed by atoms with Crippen LogP contribution in [0.4, 0.5) is 0 Å². The van der Waals surface area contributed by atoms with E-state index >= 15 is 0 Å². The van der Waals surface area contributed by atoms with E-state index in [-0.39, 0.29) is 0 Å². The third-order valence-corrected chi connectivity index (χ3v) is 1.79. The van der Waals surface area contributed by atoms with Gasteiger partial charge >= 0.3 is 0 Å². The van der Waals surface area contributed by atoms with Crippen molar-refractivity contribution in [2.75, 3.05) is 28.2 Å². The number of nitrogens with zero attached hydrogens (tertiary/aromatic N) is 4. The Kier molecular flexibility index (Phi) is 4.51. The van der Waals surface area contributed by atoms with E-state index in [1.807, 2.05) is 64.9 Å². The molecule has 0 heterocycles. The average molecular weight is 218 g/mol. The molecule has 0 saturated heterocycles. The topological polar surface area (TPSA) is 31.2 Å². The van der Waals surface area contributed by atoms with E-state index in [1.165, 1.54) is 0 Å². The average Bonchev–Trinajstić information content (AvgIpc) is 2.24. The lowest BCUT2D eigenvalue weighted by molar-refractivity contribution is 0.440. The summed E-state index contributed by atoms with van der Waals surface area (Å²) >= 11 is 0. The van der Waals surface area contributed by atoms with Crippen molar-refractivity contribution in [2.45, 2.75) is 0 Å². The zero-order valence-corrected chi connectivity index (χ0v) is 10.3. The SMILES string of the molecule is CN(C)/N=C/c1cccc(/C=N/N(C)C)c1. The number of rotatable bonds is 4. The molecule has 0 aromatic heterocycles. The summed E-state index contributed by atoms with van der Waals surface area (Å²) in [6.45, 7) is 0. The molecule has 0 saturated carbocycles. The number of benzene rings is 1. The lowest BCUT2D eigenvalue weighted by Crippen LogP contribution is -2.03. The Bertz CT molecular complexity index is 347. The van der Waals surface area contributed by atoms with Crippen molar-refractivity contribution in [3.63, 3.8) is 0 Å². The van der Waals surface area contributed by atoms with Crippen LogP contribution in [0.1, 0.15) is 11.1 Å². The second kappa shape index (κ2) is 5.90. The van der Waals surface area contributed by atoms with E-state index in [0.29, 0.717) is 0 Å². The van der Waals surface area contributed by atoms with Crippen molar-refractivity contribution in [1.82, 2.24) is 10.0 Å². The highest BCUT2D eigenvalue weighted by molar-refractivity contribution is 5.85. The van der Waals surface area contributed by atoms with Gasteiger partial charge in [-0.25, -0.2) is 0 Å². The number of hydrazone groups is 2. The molecule has 0 amide bonds. The zero-order valence-electron chi connectivity index (χ0n) is 10.3. The number of hydrogen-bond donors (Lipinski definition) is 0. The van der Waals surface area contributed by atoms with Gasteiger partial charge in [0.15, 0.2) is 0 Å². The minimum absolute atomic E-state index is 1.07. The first kappa shape index (κ1) is 12.2. The fraction of sp³-hybridized carbons (Fsp3) is 0.333. The molecule has 0 atom stereocenters. The second-order valence-electron chi connectivity index (χ2n) is 3.85. The largest absolute Gasteiger partial charge is 0.303 e. The summed E-state index contributed by atoms with van der Waals surface area (Å²) in [5.41, 5.74) is 2.13. The van der Waals surface area contributed by atoms with Crippen LogP contribution >= 0.6 is 0 Å². The molecule has 0 aliphatic heterocycles. The van der Waals surface area contributed by atoms with Crippen LogP contribution in [0.3, 0.4) is 0 Å². The van der Waals surface area contributed by atoms with Gasteiger partial charge in [-0.15, -0.1) is 0 Å². The van der Waals surface area contributed by atoms with Gasteiger partial charge in [0.05, 0.1) is 12.4 Å². The highest BCUT2D eigenvalue weighted by Crippen LogP contribution is 2.01. The molecule has 0 N–H and O–H groups in total. The molecule has 16 heavy (non-hydrogen) atoms. The van der Waals surface area contributed by atoms with E-state index in [1.54, 1.807) is 10.0 Å². The summed E-state index contributed by atoms with van der Waals surface area (Å²) in [5, 5.41) is 11.9. The van der Waals surface area contributed by atoms with E-state index < -0.39 is 0 Å². The smallest absolute Gasteiger partial charge is 0.0542 e. The minimum Gasteiger partial charge on any atom is -0.303 e. The standard InChI is InChI=1S/C12H18N4/c1-15(2)13-9-11-6-5-7-12(8-11)10-14-16(3)4/h5-10H,1-4H3/b13-9+,14-10+. The Labute approximate surface area is 96.9 Å². The Hall–Kier alpha value is -1.84. The first-order chi connectivity index (χ1) is 7.58. The molecule has 0 aliphatic carbocycles. The first-order valence-corrected chi connectivity index (χ1v) is 5.10. The van der Waals surface area contributed by atoms with Crippen LogP contribution in [-0.2, 0) is 0 Å². The molecular weight excluding hydrogens is 200 g/mol. The van der Waals surface area contributed by atoms with Crippen molar-refractivity contribution in [2.24, 2.45) is 10.2 Å². The van der Waals surface area contributed by atoms with Crippen LogP contribution in [0, 0.1) is 0 Å². The third-order valence-electron chi connectivity index (χ3n) is 1.79. The predicted molar refractivity (Wildman–Crippen MR) is 69.0 cm³/mol. The second-order valence-corrected chi connectivity index (χ2v) is 3.85. The molecule has 0 aliphatic rings. The quantitative estimate of drug-likeness (QED) is 0.566. The van der Waals surface area contributed by atoms with Gasteiger partial charge in [-0.05, 0) is 17.2 Å². The Morgan fingerprint density at radius 3 is 1.69 bits per heavy atom. The summed E-state index contributed by atoms with van der Waals surface area (Å²) in [6, 6.07) is 8.06. The molecule has 0 spiro atoms. The summed E-state index contributed by atoms with van der Waals surface area (Å²) in [7, 11) is 7.59. The molecule has 0 radical (unpaired) electrons. The third kappa shape index (κ3) is 4.59. The Balaban J connectivity index is 2.79. The molecule has 0 unspecified atom stereocenters.